The first-order valence-corrected chi connectivity index (χ1v) is 6.39. The second-order valence-electron chi connectivity index (χ2n) is 4.27. The van der Waals surface area contributed by atoms with Crippen LogP contribution in [0.2, 0.25) is 5.02 Å². The molecule has 6 nitrogen and oxygen atoms in total. The summed E-state index contributed by atoms with van der Waals surface area (Å²) in [6.45, 7) is 0. The largest absolute Gasteiger partial charge is 0.331 e. The van der Waals surface area contributed by atoms with E-state index in [9.17, 15) is 9.59 Å². The molecular weight excluding hydrogens is 292 g/mol. The zero-order valence-electron chi connectivity index (χ0n) is 11.1. The molecule has 2 rings (SSSR count). The van der Waals surface area contributed by atoms with Crippen LogP contribution in [-0.2, 0) is 7.05 Å². The highest BCUT2D eigenvalue weighted by Crippen LogP contribution is 2.16. The first-order chi connectivity index (χ1) is 10.0. The zero-order valence-corrected chi connectivity index (χ0v) is 11.8. The van der Waals surface area contributed by atoms with Gasteiger partial charge in [-0.3, -0.25) is 9.59 Å². The smallest absolute Gasteiger partial charge is 0.273 e. The number of nitriles is 1. The van der Waals surface area contributed by atoms with Crippen LogP contribution in [-0.4, -0.2) is 15.7 Å². The topological polar surface area (TPSA) is 87.8 Å². The Bertz CT molecular complexity index is 762. The van der Waals surface area contributed by atoms with E-state index in [1.807, 2.05) is 6.07 Å². The lowest BCUT2D eigenvalue weighted by molar-refractivity contribution is 0.0938. The molecule has 7 heteroatoms. The maximum absolute atomic E-state index is 12.1. The number of rotatable bonds is 3. The second-order valence-corrected chi connectivity index (χ2v) is 4.70. The van der Waals surface area contributed by atoms with Crippen LogP contribution in [0.5, 0.6) is 0 Å². The van der Waals surface area contributed by atoms with Crippen molar-refractivity contribution in [1.82, 2.24) is 15.1 Å². The molecule has 1 N–H and O–H groups in total. The normalized spacial score (nSPS) is 11.5. The van der Waals surface area contributed by atoms with Crippen molar-refractivity contribution in [2.24, 2.45) is 7.05 Å². The molecule has 0 saturated carbocycles. The molecular formula is C14H11ClN4O2. The van der Waals surface area contributed by atoms with Crippen molar-refractivity contribution in [3.05, 3.63) is 63.0 Å². The Morgan fingerprint density at radius 2 is 2.00 bits per heavy atom. The third-order valence-corrected chi connectivity index (χ3v) is 3.05. The van der Waals surface area contributed by atoms with Gasteiger partial charge in [0.15, 0.2) is 0 Å². The minimum Gasteiger partial charge on any atom is -0.331 e. The molecule has 0 fully saturated rings. The van der Waals surface area contributed by atoms with E-state index in [2.05, 4.69) is 10.4 Å². The molecule has 1 aromatic heterocycles. The molecule has 106 valence electrons. The number of benzene rings is 1. The third-order valence-electron chi connectivity index (χ3n) is 2.80. The molecule has 2 aromatic rings. The third kappa shape index (κ3) is 3.46. The first kappa shape index (κ1) is 14.8. The number of hydrogen-bond acceptors (Lipinski definition) is 4. The molecule has 0 radical (unpaired) electrons. The SMILES string of the molecule is Cn1nc(C(=O)N[C@H](C#N)c2ccc(Cl)cc2)ccc1=O. The Morgan fingerprint density at radius 3 is 2.57 bits per heavy atom. The Hall–Kier alpha value is -2.65. The van der Waals surface area contributed by atoms with E-state index < -0.39 is 11.9 Å². The lowest BCUT2D eigenvalue weighted by atomic mass is 10.1. The van der Waals surface area contributed by atoms with Gasteiger partial charge in [0.1, 0.15) is 11.7 Å². The van der Waals surface area contributed by atoms with Crippen LogP contribution >= 0.6 is 11.6 Å². The highest BCUT2D eigenvalue weighted by atomic mass is 35.5. The van der Waals surface area contributed by atoms with Crippen LogP contribution in [0, 0.1) is 11.3 Å². The van der Waals surface area contributed by atoms with E-state index in [-0.39, 0.29) is 11.3 Å². The molecule has 1 aromatic carbocycles. The van der Waals surface area contributed by atoms with Gasteiger partial charge in [0.05, 0.1) is 6.07 Å². The number of amides is 1. The highest BCUT2D eigenvalue weighted by molar-refractivity contribution is 6.30. The molecule has 1 heterocycles. The second kappa shape index (κ2) is 6.20. The predicted molar refractivity (Wildman–Crippen MR) is 76.8 cm³/mol. The molecule has 1 atom stereocenters. The summed E-state index contributed by atoms with van der Waals surface area (Å²) in [5, 5.41) is 16.1. The van der Waals surface area contributed by atoms with E-state index in [1.54, 1.807) is 24.3 Å². The van der Waals surface area contributed by atoms with E-state index in [0.717, 1.165) is 4.68 Å². The number of nitrogens with zero attached hydrogens (tertiary/aromatic N) is 3. The van der Waals surface area contributed by atoms with Gasteiger partial charge in [-0.1, -0.05) is 23.7 Å². The van der Waals surface area contributed by atoms with Crippen molar-refractivity contribution >= 4 is 17.5 Å². The Kier molecular flexibility index (Phi) is 4.36. The quantitative estimate of drug-likeness (QED) is 0.929. The van der Waals surface area contributed by atoms with E-state index in [4.69, 9.17) is 16.9 Å². The molecule has 0 saturated heterocycles. The fraction of sp³-hybridized carbons (Fsp3) is 0.143. The van der Waals surface area contributed by atoms with Gasteiger partial charge in [-0.2, -0.15) is 10.4 Å². The van der Waals surface area contributed by atoms with Crippen molar-refractivity contribution in [1.29, 1.82) is 5.26 Å². The van der Waals surface area contributed by atoms with Gasteiger partial charge in [0.25, 0.3) is 11.5 Å². The molecule has 0 aliphatic heterocycles. The maximum Gasteiger partial charge on any atom is 0.273 e. The van der Waals surface area contributed by atoms with E-state index in [0.29, 0.717) is 10.6 Å². The van der Waals surface area contributed by atoms with Crippen molar-refractivity contribution in [3.63, 3.8) is 0 Å². The summed E-state index contributed by atoms with van der Waals surface area (Å²) in [5.74, 6) is -0.535. The average molecular weight is 303 g/mol. The molecule has 0 spiro atoms. The lowest BCUT2D eigenvalue weighted by Gasteiger charge is -2.11. The maximum atomic E-state index is 12.1. The number of halogens is 1. The standard InChI is InChI=1S/C14H11ClN4O2/c1-19-13(20)7-6-11(18-19)14(21)17-12(8-16)9-2-4-10(15)5-3-9/h2-7,12H,1H3,(H,17,21)/t12-/m1/s1. The number of nitrogens with one attached hydrogen (secondary N) is 1. The molecule has 21 heavy (non-hydrogen) atoms. The predicted octanol–water partition coefficient (Wildman–Crippen LogP) is 1.43. The van der Waals surface area contributed by atoms with Gasteiger partial charge in [-0.25, -0.2) is 4.68 Å². The van der Waals surface area contributed by atoms with Crippen molar-refractivity contribution in [3.8, 4) is 6.07 Å². The first-order valence-electron chi connectivity index (χ1n) is 6.01. The van der Waals surface area contributed by atoms with Crippen LogP contribution in [0.15, 0.2) is 41.2 Å². The van der Waals surface area contributed by atoms with Gasteiger partial charge in [0, 0.05) is 18.1 Å². The van der Waals surface area contributed by atoms with Crippen LogP contribution in [0.25, 0.3) is 0 Å². The fourth-order valence-electron chi connectivity index (χ4n) is 1.67. The highest BCUT2D eigenvalue weighted by Gasteiger charge is 2.16. The van der Waals surface area contributed by atoms with Gasteiger partial charge < -0.3 is 5.32 Å². The van der Waals surface area contributed by atoms with Gasteiger partial charge in [-0.05, 0) is 23.8 Å². The van der Waals surface area contributed by atoms with Crippen molar-refractivity contribution in [2.45, 2.75) is 6.04 Å². The molecule has 0 unspecified atom stereocenters. The number of aromatic nitrogens is 2. The van der Waals surface area contributed by atoms with Crippen molar-refractivity contribution in [2.75, 3.05) is 0 Å². The van der Waals surface area contributed by atoms with E-state index >= 15 is 0 Å². The average Bonchev–Trinajstić information content (AvgIpc) is 2.48. The van der Waals surface area contributed by atoms with Gasteiger partial charge in [-0.15, -0.1) is 0 Å². The summed E-state index contributed by atoms with van der Waals surface area (Å²) in [6.07, 6.45) is 0. The minimum atomic E-state index is -0.825. The van der Waals surface area contributed by atoms with Gasteiger partial charge >= 0.3 is 0 Å². The number of aryl methyl sites for hydroxylation is 1. The Morgan fingerprint density at radius 1 is 1.33 bits per heavy atom. The lowest BCUT2D eigenvalue weighted by Crippen LogP contribution is -2.30. The minimum absolute atomic E-state index is 0.0614. The fourth-order valence-corrected chi connectivity index (χ4v) is 1.80. The van der Waals surface area contributed by atoms with Crippen LogP contribution in [0.4, 0.5) is 0 Å². The number of carbonyl (C=O) groups excluding carboxylic acids is 1. The molecule has 0 aliphatic rings. The molecule has 0 aliphatic carbocycles. The van der Waals surface area contributed by atoms with E-state index in [1.165, 1.54) is 19.2 Å². The van der Waals surface area contributed by atoms with Crippen molar-refractivity contribution < 1.29 is 4.79 Å². The van der Waals surface area contributed by atoms with Gasteiger partial charge in [0.2, 0.25) is 0 Å². The summed E-state index contributed by atoms with van der Waals surface area (Å²) in [5.41, 5.74) is 0.354. The Balaban J connectivity index is 2.20. The number of carbonyl (C=O) groups is 1. The summed E-state index contributed by atoms with van der Waals surface area (Å²) >= 11 is 5.78. The molecule has 0 bridgehead atoms. The zero-order chi connectivity index (χ0) is 15.4. The summed E-state index contributed by atoms with van der Waals surface area (Å²) < 4.78 is 1.05. The van der Waals surface area contributed by atoms with Crippen LogP contribution in [0.3, 0.4) is 0 Å². The Labute approximate surface area is 125 Å². The molecule has 1 amide bonds. The summed E-state index contributed by atoms with van der Waals surface area (Å²) in [7, 11) is 1.44. The number of hydrogen-bond donors (Lipinski definition) is 1. The van der Waals surface area contributed by atoms with Crippen LogP contribution in [0.1, 0.15) is 22.1 Å². The summed E-state index contributed by atoms with van der Waals surface area (Å²) in [6, 6.07) is 10.3. The summed E-state index contributed by atoms with van der Waals surface area (Å²) in [4.78, 5) is 23.3. The monoisotopic (exact) mass is 302 g/mol. The van der Waals surface area contributed by atoms with Crippen LogP contribution < -0.4 is 10.9 Å².